The fourth-order valence-electron chi connectivity index (χ4n) is 2.35. The van der Waals surface area contributed by atoms with Gasteiger partial charge in [-0.15, -0.1) is 6.58 Å². The zero-order chi connectivity index (χ0) is 9.68. The third-order valence-electron chi connectivity index (χ3n) is 3.42. The summed E-state index contributed by atoms with van der Waals surface area (Å²) in [6, 6.07) is 0.317. The molecule has 0 amide bonds. The number of hydrazine groups is 1. The Hall–Kier alpha value is -0.340. The van der Waals surface area contributed by atoms with E-state index in [4.69, 9.17) is 5.84 Å². The first-order valence-electron chi connectivity index (χ1n) is 5.40. The first-order valence-corrected chi connectivity index (χ1v) is 5.40. The summed E-state index contributed by atoms with van der Waals surface area (Å²) in [6.45, 7) is 6.09. The number of hydrogen-bond donors (Lipinski definition) is 2. The van der Waals surface area contributed by atoms with Crippen LogP contribution in [0, 0.1) is 11.8 Å². The Bertz CT molecular complexity index is 148. The molecule has 2 heteroatoms. The highest BCUT2D eigenvalue weighted by molar-refractivity contribution is 4.91. The lowest BCUT2D eigenvalue weighted by Crippen LogP contribution is -2.40. The summed E-state index contributed by atoms with van der Waals surface area (Å²) < 4.78 is 0. The van der Waals surface area contributed by atoms with Crippen LogP contribution in [0.2, 0.25) is 0 Å². The summed E-state index contributed by atoms with van der Waals surface area (Å²) in [6.07, 6.45) is 8.62. The standard InChI is InChI=1S/C11H22N2/c1-3-9-5-7-10(8-6-9)11(4-2)13-12/h4,9-11,13H,2-3,5-8,12H2,1H3. The molecule has 0 bridgehead atoms. The van der Waals surface area contributed by atoms with Gasteiger partial charge in [0.15, 0.2) is 0 Å². The quantitative estimate of drug-likeness (QED) is 0.397. The highest BCUT2D eigenvalue weighted by Crippen LogP contribution is 2.32. The maximum atomic E-state index is 5.46. The molecule has 76 valence electrons. The second kappa shape index (κ2) is 5.40. The van der Waals surface area contributed by atoms with Gasteiger partial charge in [0.2, 0.25) is 0 Å². The molecule has 0 aromatic rings. The third-order valence-corrected chi connectivity index (χ3v) is 3.42. The van der Waals surface area contributed by atoms with Crippen LogP contribution in [0.1, 0.15) is 39.0 Å². The van der Waals surface area contributed by atoms with Crippen LogP contribution in [-0.2, 0) is 0 Å². The Morgan fingerprint density at radius 3 is 2.46 bits per heavy atom. The van der Waals surface area contributed by atoms with E-state index in [0.29, 0.717) is 12.0 Å². The summed E-state index contributed by atoms with van der Waals surface area (Å²) in [5, 5.41) is 0. The molecule has 3 N–H and O–H groups in total. The van der Waals surface area contributed by atoms with Crippen LogP contribution in [0.4, 0.5) is 0 Å². The molecule has 0 aromatic heterocycles. The summed E-state index contributed by atoms with van der Waals surface area (Å²) >= 11 is 0. The second-order valence-electron chi connectivity index (χ2n) is 4.12. The van der Waals surface area contributed by atoms with Crippen LogP contribution < -0.4 is 11.3 Å². The molecule has 0 radical (unpaired) electrons. The van der Waals surface area contributed by atoms with Crippen molar-refractivity contribution in [3.8, 4) is 0 Å². The van der Waals surface area contributed by atoms with Crippen LogP contribution in [0.3, 0.4) is 0 Å². The molecule has 1 aliphatic rings. The predicted molar refractivity (Wildman–Crippen MR) is 57.0 cm³/mol. The van der Waals surface area contributed by atoms with E-state index in [1.807, 2.05) is 6.08 Å². The molecule has 1 fully saturated rings. The van der Waals surface area contributed by atoms with Gasteiger partial charge < -0.3 is 0 Å². The number of hydrogen-bond acceptors (Lipinski definition) is 2. The normalized spacial score (nSPS) is 31.2. The van der Waals surface area contributed by atoms with Crippen molar-refractivity contribution in [1.29, 1.82) is 0 Å². The second-order valence-corrected chi connectivity index (χ2v) is 4.12. The van der Waals surface area contributed by atoms with Crippen molar-refractivity contribution in [1.82, 2.24) is 5.43 Å². The van der Waals surface area contributed by atoms with E-state index in [-0.39, 0.29) is 0 Å². The molecule has 1 aliphatic carbocycles. The van der Waals surface area contributed by atoms with Gasteiger partial charge in [0.1, 0.15) is 0 Å². The summed E-state index contributed by atoms with van der Waals surface area (Å²) in [4.78, 5) is 0. The molecular weight excluding hydrogens is 160 g/mol. The molecule has 0 saturated heterocycles. The molecule has 0 aromatic carbocycles. The van der Waals surface area contributed by atoms with Gasteiger partial charge >= 0.3 is 0 Å². The van der Waals surface area contributed by atoms with Gasteiger partial charge in [0.05, 0.1) is 0 Å². The van der Waals surface area contributed by atoms with Gasteiger partial charge in [0, 0.05) is 6.04 Å². The van der Waals surface area contributed by atoms with E-state index in [9.17, 15) is 0 Å². The van der Waals surface area contributed by atoms with Gasteiger partial charge in [-0.3, -0.25) is 11.3 Å². The van der Waals surface area contributed by atoms with Gasteiger partial charge in [0.25, 0.3) is 0 Å². The minimum Gasteiger partial charge on any atom is -0.271 e. The zero-order valence-corrected chi connectivity index (χ0v) is 8.63. The predicted octanol–water partition coefficient (Wildman–Crippen LogP) is 2.22. The molecule has 1 saturated carbocycles. The smallest absolute Gasteiger partial charge is 0.0416 e. The summed E-state index contributed by atoms with van der Waals surface area (Å²) in [5.74, 6) is 7.13. The molecular formula is C11H22N2. The summed E-state index contributed by atoms with van der Waals surface area (Å²) in [7, 11) is 0. The van der Waals surface area contributed by atoms with Crippen LogP contribution >= 0.6 is 0 Å². The largest absolute Gasteiger partial charge is 0.271 e. The van der Waals surface area contributed by atoms with Crippen molar-refractivity contribution >= 4 is 0 Å². The van der Waals surface area contributed by atoms with E-state index < -0.39 is 0 Å². The fourth-order valence-corrected chi connectivity index (χ4v) is 2.35. The van der Waals surface area contributed by atoms with Crippen molar-refractivity contribution in [3.63, 3.8) is 0 Å². The van der Waals surface area contributed by atoms with Crippen molar-refractivity contribution in [3.05, 3.63) is 12.7 Å². The van der Waals surface area contributed by atoms with E-state index in [1.54, 1.807) is 0 Å². The lowest BCUT2D eigenvalue weighted by atomic mass is 9.78. The Balaban J connectivity index is 2.34. The maximum Gasteiger partial charge on any atom is 0.0416 e. The average molecular weight is 182 g/mol. The summed E-state index contributed by atoms with van der Waals surface area (Å²) in [5.41, 5.74) is 2.84. The zero-order valence-electron chi connectivity index (χ0n) is 8.63. The lowest BCUT2D eigenvalue weighted by Gasteiger charge is -2.31. The SMILES string of the molecule is C=CC(NN)C1CCC(CC)CC1. The van der Waals surface area contributed by atoms with Crippen LogP contribution in [-0.4, -0.2) is 6.04 Å². The van der Waals surface area contributed by atoms with Crippen molar-refractivity contribution in [2.24, 2.45) is 17.7 Å². The Labute approximate surface area is 81.6 Å². The molecule has 1 atom stereocenters. The monoisotopic (exact) mass is 182 g/mol. The van der Waals surface area contributed by atoms with E-state index in [1.165, 1.54) is 32.1 Å². The van der Waals surface area contributed by atoms with Gasteiger partial charge in [-0.25, -0.2) is 0 Å². The number of nitrogens with two attached hydrogens (primary N) is 1. The van der Waals surface area contributed by atoms with Crippen LogP contribution in [0.15, 0.2) is 12.7 Å². The molecule has 1 unspecified atom stereocenters. The van der Waals surface area contributed by atoms with Crippen molar-refractivity contribution in [2.45, 2.75) is 45.1 Å². The van der Waals surface area contributed by atoms with Gasteiger partial charge in [-0.1, -0.05) is 32.3 Å². The van der Waals surface area contributed by atoms with E-state index in [2.05, 4.69) is 18.9 Å². The van der Waals surface area contributed by atoms with Crippen LogP contribution in [0.25, 0.3) is 0 Å². The number of rotatable bonds is 4. The van der Waals surface area contributed by atoms with E-state index >= 15 is 0 Å². The lowest BCUT2D eigenvalue weighted by molar-refractivity contribution is 0.238. The molecule has 0 aliphatic heterocycles. The Morgan fingerprint density at radius 1 is 1.46 bits per heavy atom. The van der Waals surface area contributed by atoms with Crippen molar-refractivity contribution < 1.29 is 0 Å². The molecule has 13 heavy (non-hydrogen) atoms. The van der Waals surface area contributed by atoms with Gasteiger partial charge in [-0.2, -0.15) is 0 Å². The molecule has 0 heterocycles. The van der Waals surface area contributed by atoms with Crippen LogP contribution in [0.5, 0.6) is 0 Å². The third kappa shape index (κ3) is 2.82. The maximum absolute atomic E-state index is 5.46. The van der Waals surface area contributed by atoms with Crippen molar-refractivity contribution in [2.75, 3.05) is 0 Å². The number of nitrogens with one attached hydrogen (secondary N) is 1. The average Bonchev–Trinajstić information content (AvgIpc) is 2.21. The minimum absolute atomic E-state index is 0.317. The molecule has 1 rings (SSSR count). The van der Waals surface area contributed by atoms with E-state index in [0.717, 1.165) is 5.92 Å². The Morgan fingerprint density at radius 2 is 2.08 bits per heavy atom. The first kappa shape index (κ1) is 10.7. The van der Waals surface area contributed by atoms with Gasteiger partial charge in [-0.05, 0) is 24.7 Å². The topological polar surface area (TPSA) is 38.0 Å². The molecule has 0 spiro atoms. The first-order chi connectivity index (χ1) is 6.31. The molecule has 2 nitrogen and oxygen atoms in total. The Kier molecular flexibility index (Phi) is 4.46. The highest BCUT2D eigenvalue weighted by Gasteiger charge is 2.24. The minimum atomic E-state index is 0.317. The fraction of sp³-hybridized carbons (Fsp3) is 0.818. The highest BCUT2D eigenvalue weighted by atomic mass is 15.2.